The number of carbonyl (C=O) groups excluding carboxylic acids is 1. The number of hydrogen-bond acceptors (Lipinski definition) is 4. The molecule has 0 saturated carbocycles. The molecular weight excluding hydrogens is 272 g/mol. The summed E-state index contributed by atoms with van der Waals surface area (Å²) in [6.45, 7) is 2.66. The lowest BCUT2D eigenvalue weighted by atomic mass is 9.76. The van der Waals surface area contributed by atoms with E-state index in [1.165, 1.54) is 4.90 Å². The zero-order chi connectivity index (χ0) is 15.3. The van der Waals surface area contributed by atoms with Crippen molar-refractivity contribution in [2.75, 3.05) is 18.6 Å². The van der Waals surface area contributed by atoms with E-state index in [-0.39, 0.29) is 5.97 Å². The van der Waals surface area contributed by atoms with Crippen LogP contribution in [0.5, 0.6) is 0 Å². The second-order valence-corrected chi connectivity index (χ2v) is 5.26. The Labute approximate surface area is 123 Å². The first-order chi connectivity index (χ1) is 10.1. The Morgan fingerprint density at radius 1 is 1.29 bits per heavy atom. The number of piperidine rings is 1. The number of carboxylic acid groups (broad SMARTS) is 1. The van der Waals surface area contributed by atoms with Crippen LogP contribution in [0.25, 0.3) is 0 Å². The van der Waals surface area contributed by atoms with Crippen molar-refractivity contribution >= 4 is 17.7 Å². The van der Waals surface area contributed by atoms with Crippen molar-refractivity contribution in [3.8, 4) is 0 Å². The highest BCUT2D eigenvalue weighted by atomic mass is 16.7. The minimum absolute atomic E-state index is 0.320. The summed E-state index contributed by atoms with van der Waals surface area (Å²) in [6, 6.07) is 9.17. The molecule has 0 aliphatic carbocycles. The molecule has 1 aliphatic heterocycles. The Bertz CT molecular complexity index is 496. The molecule has 0 aromatic heterocycles. The number of para-hydroxylation sites is 1. The number of nitrogens with zero attached hydrogens (tertiary/aromatic N) is 1. The topological polar surface area (TPSA) is 78.9 Å². The van der Waals surface area contributed by atoms with Crippen LogP contribution in [0.3, 0.4) is 0 Å². The average molecular weight is 292 g/mol. The van der Waals surface area contributed by atoms with Gasteiger partial charge in [-0.05, 0) is 31.4 Å². The fourth-order valence-corrected chi connectivity index (χ4v) is 2.55. The molecule has 21 heavy (non-hydrogen) atoms. The lowest BCUT2D eigenvalue weighted by molar-refractivity contribution is -0.156. The van der Waals surface area contributed by atoms with Crippen LogP contribution in [0.15, 0.2) is 30.3 Å². The number of rotatable bonds is 4. The molecule has 2 N–H and O–H groups in total. The molecule has 1 aliphatic rings. The summed E-state index contributed by atoms with van der Waals surface area (Å²) in [5.41, 5.74) is 2.76. The van der Waals surface area contributed by atoms with Gasteiger partial charge in [0, 0.05) is 13.1 Å². The smallest absolute Gasteiger partial charge is 0.407 e. The van der Waals surface area contributed by atoms with E-state index in [0.717, 1.165) is 0 Å². The highest BCUT2D eigenvalue weighted by molar-refractivity contribution is 5.78. The highest BCUT2D eigenvalue weighted by Crippen LogP contribution is 2.36. The monoisotopic (exact) mass is 292 g/mol. The van der Waals surface area contributed by atoms with Crippen molar-refractivity contribution in [3.05, 3.63) is 30.3 Å². The summed E-state index contributed by atoms with van der Waals surface area (Å²) >= 11 is 0. The van der Waals surface area contributed by atoms with E-state index in [4.69, 9.17) is 9.94 Å². The molecule has 114 valence electrons. The Morgan fingerprint density at radius 2 is 1.90 bits per heavy atom. The van der Waals surface area contributed by atoms with E-state index < -0.39 is 11.5 Å². The molecule has 0 spiro atoms. The molecule has 0 atom stereocenters. The lowest BCUT2D eigenvalue weighted by Crippen LogP contribution is -2.46. The van der Waals surface area contributed by atoms with E-state index >= 15 is 0 Å². The number of nitrogens with one attached hydrogen (secondary N) is 1. The predicted octanol–water partition coefficient (Wildman–Crippen LogP) is 2.73. The normalized spacial score (nSPS) is 17.1. The molecular formula is C15H20N2O4. The molecule has 1 aromatic rings. The van der Waals surface area contributed by atoms with Crippen LogP contribution in [0.2, 0.25) is 0 Å². The zero-order valence-corrected chi connectivity index (χ0v) is 12.0. The number of likely N-dealkylation sites (tertiary alicyclic amines) is 1. The van der Waals surface area contributed by atoms with Crippen LogP contribution in [-0.2, 0) is 9.63 Å². The molecule has 1 aromatic carbocycles. The molecule has 1 heterocycles. The summed E-state index contributed by atoms with van der Waals surface area (Å²) in [4.78, 5) is 29.8. The van der Waals surface area contributed by atoms with Gasteiger partial charge in [-0.2, -0.15) is 0 Å². The van der Waals surface area contributed by atoms with E-state index in [0.29, 0.717) is 38.0 Å². The largest absolute Gasteiger partial charge is 0.465 e. The second kappa shape index (κ2) is 6.47. The zero-order valence-electron chi connectivity index (χ0n) is 12.0. The van der Waals surface area contributed by atoms with Crippen LogP contribution in [0, 0.1) is 5.41 Å². The highest BCUT2D eigenvalue weighted by Gasteiger charge is 2.42. The third kappa shape index (κ3) is 3.45. The van der Waals surface area contributed by atoms with E-state index in [9.17, 15) is 9.59 Å². The van der Waals surface area contributed by atoms with Gasteiger partial charge in [0.25, 0.3) is 0 Å². The van der Waals surface area contributed by atoms with Gasteiger partial charge >= 0.3 is 12.1 Å². The summed E-state index contributed by atoms with van der Waals surface area (Å²) in [6.07, 6.45) is 0.682. The maximum absolute atomic E-state index is 12.4. The van der Waals surface area contributed by atoms with Gasteiger partial charge < -0.3 is 14.8 Å². The molecule has 0 radical (unpaired) electrons. The predicted molar refractivity (Wildman–Crippen MR) is 77.7 cm³/mol. The molecule has 2 rings (SSSR count). The molecule has 0 bridgehead atoms. The number of benzene rings is 1. The van der Waals surface area contributed by atoms with Gasteiger partial charge in [0.2, 0.25) is 0 Å². The van der Waals surface area contributed by atoms with Crippen molar-refractivity contribution in [1.82, 2.24) is 4.90 Å². The molecule has 0 unspecified atom stereocenters. The maximum Gasteiger partial charge on any atom is 0.407 e. The van der Waals surface area contributed by atoms with Crippen molar-refractivity contribution in [2.24, 2.45) is 5.41 Å². The van der Waals surface area contributed by atoms with Gasteiger partial charge in [0.05, 0.1) is 11.1 Å². The van der Waals surface area contributed by atoms with E-state index in [2.05, 4.69) is 5.48 Å². The Kier molecular flexibility index (Phi) is 4.67. The van der Waals surface area contributed by atoms with Gasteiger partial charge in [-0.1, -0.05) is 25.1 Å². The van der Waals surface area contributed by atoms with Gasteiger partial charge in [-0.3, -0.25) is 0 Å². The Morgan fingerprint density at radius 3 is 2.43 bits per heavy atom. The first kappa shape index (κ1) is 15.2. The number of amides is 1. The van der Waals surface area contributed by atoms with Gasteiger partial charge in [-0.15, -0.1) is 0 Å². The maximum atomic E-state index is 12.4. The standard InChI is InChI=1S/C15H20N2O4/c1-2-15(8-10-17(11-9-15)14(19)20)13(18)21-16-12-6-4-3-5-7-12/h3-7,16H,2,8-11H2,1H3,(H,19,20). The third-order valence-corrected chi connectivity index (χ3v) is 4.14. The van der Waals surface area contributed by atoms with Crippen LogP contribution < -0.4 is 5.48 Å². The van der Waals surface area contributed by atoms with Gasteiger partial charge in [0.1, 0.15) is 0 Å². The summed E-state index contributed by atoms with van der Waals surface area (Å²) in [5, 5.41) is 8.97. The quantitative estimate of drug-likeness (QED) is 0.834. The first-order valence-corrected chi connectivity index (χ1v) is 7.07. The van der Waals surface area contributed by atoms with Crippen LogP contribution >= 0.6 is 0 Å². The minimum Gasteiger partial charge on any atom is -0.465 e. The Balaban J connectivity index is 1.94. The van der Waals surface area contributed by atoms with Crippen molar-refractivity contribution in [1.29, 1.82) is 0 Å². The minimum atomic E-state index is -0.935. The summed E-state index contributed by atoms with van der Waals surface area (Å²) in [7, 11) is 0. The first-order valence-electron chi connectivity index (χ1n) is 7.07. The number of hydrogen-bond donors (Lipinski definition) is 2. The van der Waals surface area contributed by atoms with Crippen molar-refractivity contribution in [3.63, 3.8) is 0 Å². The molecule has 1 fully saturated rings. The number of anilines is 1. The average Bonchev–Trinajstić information content (AvgIpc) is 2.53. The molecule has 6 nitrogen and oxygen atoms in total. The molecule has 1 saturated heterocycles. The third-order valence-electron chi connectivity index (χ3n) is 4.14. The van der Waals surface area contributed by atoms with Crippen LogP contribution in [-0.4, -0.2) is 35.2 Å². The summed E-state index contributed by atoms with van der Waals surface area (Å²) in [5.74, 6) is -0.320. The second-order valence-electron chi connectivity index (χ2n) is 5.26. The van der Waals surface area contributed by atoms with Gasteiger partial charge in [-0.25, -0.2) is 15.1 Å². The summed E-state index contributed by atoms with van der Waals surface area (Å²) < 4.78 is 0. The van der Waals surface area contributed by atoms with Crippen LogP contribution in [0.4, 0.5) is 10.5 Å². The fraction of sp³-hybridized carbons (Fsp3) is 0.467. The molecule has 6 heteroatoms. The Hall–Kier alpha value is -2.24. The molecule has 1 amide bonds. The SMILES string of the molecule is CCC1(C(=O)ONc2ccccc2)CCN(C(=O)O)CC1. The van der Waals surface area contributed by atoms with Crippen LogP contribution in [0.1, 0.15) is 26.2 Å². The van der Waals surface area contributed by atoms with E-state index in [1.807, 2.05) is 25.1 Å². The van der Waals surface area contributed by atoms with Gasteiger partial charge in [0.15, 0.2) is 0 Å². The van der Waals surface area contributed by atoms with E-state index in [1.54, 1.807) is 12.1 Å². The van der Waals surface area contributed by atoms with Crippen molar-refractivity contribution < 1.29 is 19.5 Å². The van der Waals surface area contributed by atoms with Crippen molar-refractivity contribution in [2.45, 2.75) is 26.2 Å². The number of carbonyl (C=O) groups is 2. The fourth-order valence-electron chi connectivity index (χ4n) is 2.55. The lowest BCUT2D eigenvalue weighted by Gasteiger charge is -2.37.